The molecule has 0 atom stereocenters. The third-order valence-corrected chi connectivity index (χ3v) is 4.23. The molecule has 0 bridgehead atoms. The van der Waals surface area contributed by atoms with Gasteiger partial charge in [-0.15, -0.1) is 0 Å². The molecule has 0 radical (unpaired) electrons. The summed E-state index contributed by atoms with van der Waals surface area (Å²) in [5.41, 5.74) is 2.08. The lowest BCUT2D eigenvalue weighted by Gasteiger charge is -2.11. The van der Waals surface area contributed by atoms with Gasteiger partial charge in [0.25, 0.3) is 11.5 Å². The number of hydrogen-bond donors (Lipinski definition) is 2. The maximum atomic E-state index is 12.7. The van der Waals surface area contributed by atoms with Gasteiger partial charge in [0.15, 0.2) is 0 Å². The summed E-state index contributed by atoms with van der Waals surface area (Å²) in [6.07, 6.45) is 1.21. The molecular formula is C18H17N3O5. The first-order chi connectivity index (χ1) is 12.3. The van der Waals surface area contributed by atoms with E-state index < -0.39 is 17.4 Å². The van der Waals surface area contributed by atoms with Crippen molar-refractivity contribution in [3.8, 4) is 0 Å². The summed E-state index contributed by atoms with van der Waals surface area (Å²) in [5, 5.41) is 2.79. The van der Waals surface area contributed by atoms with Gasteiger partial charge >= 0.3 is 5.97 Å². The average Bonchev–Trinajstić information content (AvgIpc) is 2.94. The van der Waals surface area contributed by atoms with Crippen molar-refractivity contribution in [1.82, 2.24) is 9.97 Å². The number of anilines is 1. The van der Waals surface area contributed by atoms with E-state index in [1.807, 2.05) is 6.92 Å². The van der Waals surface area contributed by atoms with Crippen LogP contribution in [-0.2, 0) is 4.74 Å². The summed E-state index contributed by atoms with van der Waals surface area (Å²) >= 11 is 0. The molecule has 0 aliphatic carbocycles. The molecular weight excluding hydrogens is 338 g/mol. The molecule has 1 amide bonds. The molecule has 8 heteroatoms. The van der Waals surface area contributed by atoms with E-state index >= 15 is 0 Å². The van der Waals surface area contributed by atoms with Crippen molar-refractivity contribution in [2.24, 2.45) is 0 Å². The second-order valence-corrected chi connectivity index (χ2v) is 5.86. The lowest BCUT2D eigenvalue weighted by atomic mass is 10.0. The van der Waals surface area contributed by atoms with Gasteiger partial charge in [-0.2, -0.15) is 0 Å². The van der Waals surface area contributed by atoms with Crippen molar-refractivity contribution >= 4 is 28.7 Å². The van der Waals surface area contributed by atoms with Crippen LogP contribution >= 0.6 is 0 Å². The highest BCUT2D eigenvalue weighted by Crippen LogP contribution is 2.24. The Morgan fingerprint density at radius 2 is 1.96 bits per heavy atom. The molecule has 26 heavy (non-hydrogen) atoms. The van der Waals surface area contributed by atoms with E-state index in [2.05, 4.69) is 15.3 Å². The molecule has 0 saturated heterocycles. The number of rotatable bonds is 3. The van der Waals surface area contributed by atoms with E-state index in [9.17, 15) is 14.4 Å². The largest absolute Gasteiger partial charge is 0.465 e. The van der Waals surface area contributed by atoms with E-state index in [1.165, 1.54) is 19.5 Å². The summed E-state index contributed by atoms with van der Waals surface area (Å²) < 4.78 is 10.2. The predicted octanol–water partition coefficient (Wildman–Crippen LogP) is 2.48. The average molecular weight is 355 g/mol. The summed E-state index contributed by atoms with van der Waals surface area (Å²) in [6, 6.07) is 3.27. The highest BCUT2D eigenvalue weighted by Gasteiger charge is 2.22. The Bertz CT molecular complexity index is 1090. The maximum Gasteiger partial charge on any atom is 0.338 e. The number of aryl methyl sites for hydroxylation is 2. The van der Waals surface area contributed by atoms with E-state index in [4.69, 9.17) is 9.15 Å². The van der Waals surface area contributed by atoms with Crippen molar-refractivity contribution in [2.75, 3.05) is 12.4 Å². The summed E-state index contributed by atoms with van der Waals surface area (Å²) in [6.45, 7) is 5.20. The molecule has 0 unspecified atom stereocenters. The Morgan fingerprint density at radius 1 is 1.23 bits per heavy atom. The number of amides is 1. The smallest absolute Gasteiger partial charge is 0.338 e. The zero-order valence-corrected chi connectivity index (χ0v) is 14.7. The number of carbonyl (C=O) groups is 2. The van der Waals surface area contributed by atoms with Crippen LogP contribution in [0.1, 0.15) is 37.6 Å². The van der Waals surface area contributed by atoms with Gasteiger partial charge in [0.1, 0.15) is 11.1 Å². The van der Waals surface area contributed by atoms with Gasteiger partial charge in [-0.3, -0.25) is 9.59 Å². The highest BCUT2D eigenvalue weighted by molar-refractivity contribution is 6.13. The Morgan fingerprint density at radius 3 is 2.65 bits per heavy atom. The zero-order chi connectivity index (χ0) is 19.0. The molecule has 8 nitrogen and oxygen atoms in total. The standard InChI is InChI=1S/C18H17N3O5/c1-8-5-11(6-12(9(8)2)18(24)25-4)21-16(23)13-10(3)26-17-14(13)15(22)19-7-20-17/h5-7H,1-4H3,(H,21,23)(H,19,20,22). The van der Waals surface area contributed by atoms with Crippen LogP contribution in [0.3, 0.4) is 0 Å². The number of aromatic nitrogens is 2. The van der Waals surface area contributed by atoms with Gasteiger partial charge in [0.2, 0.25) is 5.71 Å². The van der Waals surface area contributed by atoms with Gasteiger partial charge in [0, 0.05) is 5.69 Å². The third kappa shape index (κ3) is 2.85. The van der Waals surface area contributed by atoms with Crippen LogP contribution in [0.25, 0.3) is 11.1 Å². The fraction of sp³-hybridized carbons (Fsp3) is 0.222. The van der Waals surface area contributed by atoms with Crippen molar-refractivity contribution in [3.63, 3.8) is 0 Å². The van der Waals surface area contributed by atoms with Crippen LogP contribution in [0.5, 0.6) is 0 Å². The van der Waals surface area contributed by atoms with Crippen molar-refractivity contribution < 1.29 is 18.7 Å². The fourth-order valence-corrected chi connectivity index (χ4v) is 2.77. The second kappa shape index (κ2) is 6.47. The number of H-pyrrole nitrogens is 1. The number of aromatic amines is 1. The Hall–Kier alpha value is -3.42. The molecule has 0 aliphatic rings. The summed E-state index contributed by atoms with van der Waals surface area (Å²) in [4.78, 5) is 43.1. The normalized spacial score (nSPS) is 10.8. The van der Waals surface area contributed by atoms with Gasteiger partial charge in [-0.1, -0.05) is 0 Å². The maximum absolute atomic E-state index is 12.7. The van der Waals surface area contributed by atoms with E-state index in [0.29, 0.717) is 11.3 Å². The van der Waals surface area contributed by atoms with E-state index in [-0.39, 0.29) is 22.4 Å². The van der Waals surface area contributed by atoms with Crippen molar-refractivity contribution in [2.45, 2.75) is 20.8 Å². The molecule has 3 rings (SSSR count). The number of nitrogens with zero attached hydrogens (tertiary/aromatic N) is 1. The lowest BCUT2D eigenvalue weighted by molar-refractivity contribution is 0.0599. The zero-order valence-electron chi connectivity index (χ0n) is 14.7. The number of benzene rings is 1. The first-order valence-corrected chi connectivity index (χ1v) is 7.81. The van der Waals surface area contributed by atoms with Crippen LogP contribution in [0.15, 0.2) is 27.7 Å². The molecule has 2 N–H and O–H groups in total. The number of carbonyl (C=O) groups excluding carboxylic acids is 2. The summed E-state index contributed by atoms with van der Waals surface area (Å²) in [5.74, 6) is -0.746. The van der Waals surface area contributed by atoms with Gasteiger partial charge in [-0.05, 0) is 44.0 Å². The van der Waals surface area contributed by atoms with Crippen molar-refractivity contribution in [3.05, 3.63) is 56.8 Å². The second-order valence-electron chi connectivity index (χ2n) is 5.86. The number of hydrogen-bond acceptors (Lipinski definition) is 6. The number of furan rings is 1. The Kier molecular flexibility index (Phi) is 4.33. The number of nitrogens with one attached hydrogen (secondary N) is 2. The predicted molar refractivity (Wildman–Crippen MR) is 94.6 cm³/mol. The van der Waals surface area contributed by atoms with Crippen LogP contribution in [0, 0.1) is 20.8 Å². The molecule has 0 spiro atoms. The Labute approximate surface area is 148 Å². The molecule has 2 aromatic heterocycles. The lowest BCUT2D eigenvalue weighted by Crippen LogP contribution is -2.17. The third-order valence-electron chi connectivity index (χ3n) is 4.23. The quantitative estimate of drug-likeness (QED) is 0.698. The number of fused-ring (bicyclic) bond motifs is 1. The van der Waals surface area contributed by atoms with Gasteiger partial charge in [0.05, 0.1) is 24.6 Å². The molecule has 0 saturated carbocycles. The first kappa shape index (κ1) is 17.4. The van der Waals surface area contributed by atoms with Crippen LogP contribution < -0.4 is 10.9 Å². The molecule has 134 valence electrons. The molecule has 0 fully saturated rings. The van der Waals surface area contributed by atoms with E-state index in [0.717, 1.165) is 11.1 Å². The van der Waals surface area contributed by atoms with Crippen LogP contribution in [-0.4, -0.2) is 29.0 Å². The van der Waals surface area contributed by atoms with E-state index in [1.54, 1.807) is 19.9 Å². The number of methoxy groups -OCH3 is 1. The summed E-state index contributed by atoms with van der Waals surface area (Å²) in [7, 11) is 1.29. The minimum absolute atomic E-state index is 0.0829. The fourth-order valence-electron chi connectivity index (χ4n) is 2.77. The SMILES string of the molecule is COC(=O)c1cc(NC(=O)c2c(C)oc3nc[nH]c(=O)c23)cc(C)c1C. The van der Waals surface area contributed by atoms with Gasteiger partial charge in [-0.25, -0.2) is 9.78 Å². The minimum Gasteiger partial charge on any atom is -0.465 e. The number of ether oxygens (including phenoxy) is 1. The van der Waals surface area contributed by atoms with Gasteiger partial charge < -0.3 is 19.5 Å². The number of esters is 1. The molecule has 1 aromatic carbocycles. The van der Waals surface area contributed by atoms with Crippen molar-refractivity contribution in [1.29, 1.82) is 0 Å². The monoisotopic (exact) mass is 355 g/mol. The first-order valence-electron chi connectivity index (χ1n) is 7.81. The minimum atomic E-state index is -0.529. The Balaban J connectivity index is 2.04. The topological polar surface area (TPSA) is 114 Å². The van der Waals surface area contributed by atoms with Crippen LogP contribution in [0.2, 0.25) is 0 Å². The molecule has 3 aromatic rings. The molecule has 0 aliphatic heterocycles. The van der Waals surface area contributed by atoms with Crippen LogP contribution in [0.4, 0.5) is 5.69 Å². The highest BCUT2D eigenvalue weighted by atomic mass is 16.5. The molecule has 2 heterocycles.